The largest absolute Gasteiger partial charge is 0.325 e. The van der Waals surface area contributed by atoms with Gasteiger partial charge in [0.2, 0.25) is 15.9 Å². The number of carbonyl (C=O) groups excluding carboxylic acids is 1. The minimum Gasteiger partial charge on any atom is -0.325 e. The van der Waals surface area contributed by atoms with Crippen LogP contribution in [0, 0.1) is 0 Å². The van der Waals surface area contributed by atoms with Crippen LogP contribution in [-0.4, -0.2) is 34.3 Å². The predicted octanol–water partition coefficient (Wildman–Crippen LogP) is 2.50. The Labute approximate surface area is 163 Å². The third-order valence-corrected chi connectivity index (χ3v) is 6.21. The Morgan fingerprint density at radius 1 is 1.22 bits per heavy atom. The van der Waals surface area contributed by atoms with Crippen LogP contribution < -0.4 is 10.5 Å². The second kappa shape index (κ2) is 7.61. The Bertz CT molecular complexity index is 934. The van der Waals surface area contributed by atoms with Crippen molar-refractivity contribution in [2.45, 2.75) is 60.9 Å². The van der Waals surface area contributed by atoms with Crippen LogP contribution in [0.15, 0.2) is 34.3 Å². The number of hydrogen-bond acceptors (Lipinski definition) is 6. The van der Waals surface area contributed by atoms with Gasteiger partial charge in [-0.05, 0) is 44.0 Å². The van der Waals surface area contributed by atoms with Crippen molar-refractivity contribution < 1.29 is 13.2 Å². The van der Waals surface area contributed by atoms with E-state index in [0.717, 1.165) is 23.8 Å². The zero-order valence-electron chi connectivity index (χ0n) is 15.4. The zero-order valence-corrected chi connectivity index (χ0v) is 17.0. The smallest absolute Gasteiger partial charge is 0.238 e. The molecule has 0 bridgehead atoms. The maximum Gasteiger partial charge on any atom is 0.238 e. The highest BCUT2D eigenvalue weighted by molar-refractivity contribution is 8.00. The van der Waals surface area contributed by atoms with Crippen LogP contribution in [0.2, 0.25) is 0 Å². The molecule has 1 aliphatic rings. The molecule has 1 aromatic heterocycles. The van der Waals surface area contributed by atoms with Crippen molar-refractivity contribution in [3.8, 4) is 0 Å². The number of nitrogens with one attached hydrogen (secondary N) is 1. The molecule has 1 amide bonds. The Hall–Kier alpha value is -1.91. The van der Waals surface area contributed by atoms with Crippen molar-refractivity contribution in [1.29, 1.82) is 0 Å². The minimum absolute atomic E-state index is 0.00155. The highest BCUT2D eigenvalue weighted by atomic mass is 32.2. The number of amides is 1. The molecule has 10 heteroatoms. The number of nitrogens with zero attached hydrogens (tertiary/aromatic N) is 3. The van der Waals surface area contributed by atoms with Crippen molar-refractivity contribution in [3.63, 3.8) is 0 Å². The first-order valence-corrected chi connectivity index (χ1v) is 11.1. The average molecular weight is 410 g/mol. The third-order valence-electron chi connectivity index (χ3n) is 4.22. The molecule has 1 aromatic carbocycles. The lowest BCUT2D eigenvalue weighted by Crippen LogP contribution is -2.23. The van der Waals surface area contributed by atoms with E-state index in [9.17, 15) is 13.2 Å². The van der Waals surface area contributed by atoms with Crippen LogP contribution >= 0.6 is 11.8 Å². The summed E-state index contributed by atoms with van der Waals surface area (Å²) in [5.74, 6) is 1.03. The summed E-state index contributed by atoms with van der Waals surface area (Å²) in [6.45, 7) is 5.97. The quantitative estimate of drug-likeness (QED) is 0.678. The summed E-state index contributed by atoms with van der Waals surface area (Å²) in [4.78, 5) is 12.5. The molecule has 0 spiro atoms. The summed E-state index contributed by atoms with van der Waals surface area (Å²) >= 11 is 1.37. The SMILES string of the molecule is CC(C)c1nnc(S[C@H](C)C(=O)Nc2ccc(S(N)(=O)=O)cc2)n1C1CC1. The Balaban J connectivity index is 1.68. The van der Waals surface area contributed by atoms with Crippen molar-refractivity contribution in [1.82, 2.24) is 14.8 Å². The van der Waals surface area contributed by atoms with Gasteiger partial charge in [-0.15, -0.1) is 10.2 Å². The second-order valence-corrected chi connectivity index (χ2v) is 9.78. The molecule has 0 radical (unpaired) electrons. The molecular formula is C17H23N5O3S2. The first kappa shape index (κ1) is 19.8. The molecule has 1 fully saturated rings. The van der Waals surface area contributed by atoms with E-state index >= 15 is 0 Å². The summed E-state index contributed by atoms with van der Waals surface area (Å²) in [5, 5.41) is 16.8. The number of aromatic nitrogens is 3. The van der Waals surface area contributed by atoms with E-state index in [2.05, 4.69) is 33.9 Å². The number of rotatable bonds is 7. The van der Waals surface area contributed by atoms with Gasteiger partial charge in [0, 0.05) is 17.6 Å². The van der Waals surface area contributed by atoms with E-state index in [1.807, 2.05) is 0 Å². The monoisotopic (exact) mass is 409 g/mol. The van der Waals surface area contributed by atoms with Crippen molar-refractivity contribution in [2.24, 2.45) is 5.14 Å². The lowest BCUT2D eigenvalue weighted by atomic mass is 10.2. The van der Waals surface area contributed by atoms with Gasteiger partial charge in [0.05, 0.1) is 10.1 Å². The van der Waals surface area contributed by atoms with Gasteiger partial charge < -0.3 is 9.88 Å². The van der Waals surface area contributed by atoms with Crippen LogP contribution in [0.25, 0.3) is 0 Å². The van der Waals surface area contributed by atoms with Crippen molar-refractivity contribution >= 4 is 33.4 Å². The Kier molecular flexibility index (Phi) is 5.59. The summed E-state index contributed by atoms with van der Waals surface area (Å²) < 4.78 is 24.7. The molecule has 27 heavy (non-hydrogen) atoms. The van der Waals surface area contributed by atoms with Crippen LogP contribution in [0.1, 0.15) is 51.4 Å². The summed E-state index contributed by atoms with van der Waals surface area (Å²) in [6, 6.07) is 6.18. The number of thioether (sulfide) groups is 1. The van der Waals surface area contributed by atoms with Crippen LogP contribution in [0.5, 0.6) is 0 Å². The van der Waals surface area contributed by atoms with Gasteiger partial charge in [-0.2, -0.15) is 0 Å². The normalized spacial score (nSPS) is 15.7. The molecule has 3 rings (SSSR count). The highest BCUT2D eigenvalue weighted by Gasteiger charge is 2.31. The van der Waals surface area contributed by atoms with Crippen LogP contribution in [0.4, 0.5) is 5.69 Å². The lowest BCUT2D eigenvalue weighted by molar-refractivity contribution is -0.115. The number of sulfonamides is 1. The van der Waals surface area contributed by atoms with E-state index in [1.54, 1.807) is 6.92 Å². The van der Waals surface area contributed by atoms with E-state index < -0.39 is 10.0 Å². The average Bonchev–Trinajstić information content (AvgIpc) is 3.34. The maximum absolute atomic E-state index is 12.5. The predicted molar refractivity (Wildman–Crippen MR) is 104 cm³/mol. The number of anilines is 1. The highest BCUT2D eigenvalue weighted by Crippen LogP contribution is 2.40. The van der Waals surface area contributed by atoms with Gasteiger partial charge in [-0.1, -0.05) is 25.6 Å². The number of hydrogen-bond donors (Lipinski definition) is 2. The fourth-order valence-electron chi connectivity index (χ4n) is 2.62. The molecule has 1 heterocycles. The first-order valence-electron chi connectivity index (χ1n) is 8.72. The molecule has 146 valence electrons. The zero-order chi connectivity index (χ0) is 19.8. The van der Waals surface area contributed by atoms with E-state index in [1.165, 1.54) is 36.0 Å². The van der Waals surface area contributed by atoms with Gasteiger partial charge in [0.1, 0.15) is 5.82 Å². The number of benzene rings is 1. The topological polar surface area (TPSA) is 120 Å². The maximum atomic E-state index is 12.5. The molecule has 0 unspecified atom stereocenters. The number of carbonyl (C=O) groups is 1. The molecule has 1 atom stereocenters. The third kappa shape index (κ3) is 4.69. The Morgan fingerprint density at radius 2 is 1.85 bits per heavy atom. The number of primary sulfonamides is 1. The summed E-state index contributed by atoms with van der Waals surface area (Å²) in [6.07, 6.45) is 2.23. The number of nitrogens with two attached hydrogens (primary N) is 1. The summed E-state index contributed by atoms with van der Waals surface area (Å²) in [5.41, 5.74) is 0.506. The molecule has 0 saturated heterocycles. The van der Waals surface area contributed by atoms with E-state index in [-0.39, 0.29) is 22.0 Å². The van der Waals surface area contributed by atoms with E-state index in [0.29, 0.717) is 11.7 Å². The van der Waals surface area contributed by atoms with Gasteiger partial charge in [0.15, 0.2) is 5.16 Å². The van der Waals surface area contributed by atoms with Gasteiger partial charge in [-0.3, -0.25) is 4.79 Å². The van der Waals surface area contributed by atoms with Crippen molar-refractivity contribution in [3.05, 3.63) is 30.1 Å². The standard InChI is InChI=1S/C17H23N5O3S2/c1-10(2)15-20-21-17(22(15)13-6-7-13)26-11(3)16(23)19-12-4-8-14(9-5-12)27(18,24)25/h4-5,8-11,13H,6-7H2,1-3H3,(H,19,23)(H2,18,24,25)/t11-/m1/s1. The molecule has 8 nitrogen and oxygen atoms in total. The van der Waals surface area contributed by atoms with E-state index in [4.69, 9.17) is 5.14 Å². The van der Waals surface area contributed by atoms with Crippen LogP contribution in [-0.2, 0) is 14.8 Å². The van der Waals surface area contributed by atoms with Crippen molar-refractivity contribution in [2.75, 3.05) is 5.32 Å². The lowest BCUT2D eigenvalue weighted by Gasteiger charge is -2.14. The molecule has 3 N–H and O–H groups in total. The van der Waals surface area contributed by atoms with Gasteiger partial charge in [-0.25, -0.2) is 13.6 Å². The fourth-order valence-corrected chi connectivity index (χ4v) is 4.06. The molecule has 1 saturated carbocycles. The molecule has 0 aliphatic heterocycles. The Morgan fingerprint density at radius 3 is 2.37 bits per heavy atom. The first-order chi connectivity index (χ1) is 12.7. The molecule has 1 aliphatic carbocycles. The molecule has 2 aromatic rings. The van der Waals surface area contributed by atoms with Gasteiger partial charge >= 0.3 is 0 Å². The summed E-state index contributed by atoms with van der Waals surface area (Å²) in [7, 11) is -3.75. The fraction of sp³-hybridized carbons (Fsp3) is 0.471. The molecular weight excluding hydrogens is 386 g/mol. The second-order valence-electron chi connectivity index (χ2n) is 6.92. The van der Waals surface area contributed by atoms with Gasteiger partial charge in [0.25, 0.3) is 0 Å². The minimum atomic E-state index is -3.75. The van der Waals surface area contributed by atoms with Crippen LogP contribution in [0.3, 0.4) is 0 Å².